The van der Waals surface area contributed by atoms with Gasteiger partial charge in [-0.05, 0) is 48.5 Å². The number of hydrogen-bond acceptors (Lipinski definition) is 5. The first-order valence-corrected chi connectivity index (χ1v) is 11.0. The number of sulfone groups is 1. The molecular weight excluding hydrogens is 440 g/mol. The lowest BCUT2D eigenvalue weighted by Crippen LogP contribution is -2.21. The van der Waals surface area contributed by atoms with E-state index >= 15 is 0 Å². The Bertz CT molecular complexity index is 1380. The number of fused-ring (bicyclic) bond motifs is 2. The summed E-state index contributed by atoms with van der Waals surface area (Å²) in [4.78, 5) is 36.4. The first kappa shape index (κ1) is 20.8. The predicted molar refractivity (Wildman–Crippen MR) is 115 cm³/mol. The lowest BCUT2D eigenvalue weighted by atomic mass is 10.0. The van der Waals surface area contributed by atoms with Gasteiger partial charge in [-0.25, -0.2) is 8.42 Å². The average molecular weight is 455 g/mol. The Balaban J connectivity index is 1.70. The third-order valence-electron chi connectivity index (χ3n) is 4.73. The van der Waals surface area contributed by atoms with E-state index < -0.39 is 21.5 Å². The molecule has 1 aliphatic rings. The van der Waals surface area contributed by atoms with Crippen molar-refractivity contribution < 1.29 is 22.8 Å². The fourth-order valence-electron chi connectivity index (χ4n) is 3.32. The molecule has 2 amide bonds. The maximum absolute atomic E-state index is 13.0. The lowest BCUT2D eigenvalue weighted by Gasteiger charge is -2.19. The number of hydrogen-bond donors (Lipinski definition) is 2. The molecule has 9 heteroatoms. The van der Waals surface area contributed by atoms with Gasteiger partial charge in [0.1, 0.15) is 0 Å². The quantitative estimate of drug-likeness (QED) is 0.487. The van der Waals surface area contributed by atoms with E-state index in [0.29, 0.717) is 5.69 Å². The number of carbonyl (C=O) groups excluding carboxylic acids is 3. The Morgan fingerprint density at radius 1 is 0.871 bits per heavy atom. The topological polar surface area (TPSA) is 109 Å². The number of halogens is 1. The van der Waals surface area contributed by atoms with Crippen LogP contribution in [0.3, 0.4) is 0 Å². The fraction of sp³-hybridized carbons (Fsp3) is 0.0455. The summed E-state index contributed by atoms with van der Waals surface area (Å²) in [6.45, 7) is 1.35. The van der Waals surface area contributed by atoms with Gasteiger partial charge in [-0.15, -0.1) is 0 Å². The Kier molecular flexibility index (Phi) is 5.12. The van der Waals surface area contributed by atoms with Crippen LogP contribution in [0.25, 0.3) is 0 Å². The highest BCUT2D eigenvalue weighted by Gasteiger charge is 2.35. The zero-order valence-corrected chi connectivity index (χ0v) is 17.7. The summed E-state index contributed by atoms with van der Waals surface area (Å²) < 4.78 is 26.1. The molecule has 3 aromatic carbocycles. The molecule has 2 N–H and O–H groups in total. The number of nitrogens with one attached hydrogen (secondary N) is 2. The Morgan fingerprint density at radius 2 is 1.58 bits per heavy atom. The molecule has 4 rings (SSSR count). The van der Waals surface area contributed by atoms with Crippen molar-refractivity contribution in [3.8, 4) is 0 Å². The molecule has 0 radical (unpaired) electrons. The third-order valence-corrected chi connectivity index (χ3v) is 6.92. The van der Waals surface area contributed by atoms with E-state index in [2.05, 4.69) is 10.6 Å². The summed E-state index contributed by atoms with van der Waals surface area (Å²) in [6, 6.07) is 14.4. The highest BCUT2D eigenvalue weighted by Crippen LogP contribution is 2.35. The van der Waals surface area contributed by atoms with E-state index in [4.69, 9.17) is 11.6 Å². The van der Waals surface area contributed by atoms with E-state index in [1.165, 1.54) is 55.5 Å². The number of benzene rings is 3. The van der Waals surface area contributed by atoms with Crippen LogP contribution in [0, 0.1) is 0 Å². The number of carbonyl (C=O) groups is 3. The van der Waals surface area contributed by atoms with Gasteiger partial charge in [0.15, 0.2) is 5.78 Å². The van der Waals surface area contributed by atoms with Crippen molar-refractivity contribution >= 4 is 50.4 Å². The van der Waals surface area contributed by atoms with Crippen LogP contribution in [0.5, 0.6) is 0 Å². The lowest BCUT2D eigenvalue weighted by molar-refractivity contribution is -0.114. The molecule has 0 spiro atoms. The second-order valence-electron chi connectivity index (χ2n) is 6.87. The number of rotatable bonds is 3. The van der Waals surface area contributed by atoms with Gasteiger partial charge in [0, 0.05) is 29.3 Å². The van der Waals surface area contributed by atoms with Gasteiger partial charge in [0.25, 0.3) is 5.91 Å². The zero-order chi connectivity index (χ0) is 22.3. The second-order valence-corrected chi connectivity index (χ2v) is 9.16. The van der Waals surface area contributed by atoms with Crippen molar-refractivity contribution in [2.45, 2.75) is 16.7 Å². The first-order chi connectivity index (χ1) is 14.7. The molecule has 7 nitrogen and oxygen atoms in total. The van der Waals surface area contributed by atoms with Crippen LogP contribution in [0.4, 0.5) is 11.4 Å². The molecule has 0 unspecified atom stereocenters. The largest absolute Gasteiger partial charge is 0.326 e. The van der Waals surface area contributed by atoms with Crippen molar-refractivity contribution in [1.82, 2.24) is 0 Å². The standard InChI is InChI=1S/C22H15ClN2O5S/c1-12(26)24-14-7-9-17(23)18(11-14)25-22(28)13-6-8-16-20(10-13)31(29,30)19-5-3-2-4-15(19)21(16)27/h2-11H,1H3,(H,24,26)(H,25,28). The fourth-order valence-corrected chi connectivity index (χ4v) is 5.16. The van der Waals surface area contributed by atoms with Gasteiger partial charge in [0.05, 0.1) is 20.5 Å². The summed E-state index contributed by atoms with van der Waals surface area (Å²) in [5, 5.41) is 5.42. The Morgan fingerprint density at radius 3 is 2.32 bits per heavy atom. The smallest absolute Gasteiger partial charge is 0.255 e. The highest BCUT2D eigenvalue weighted by molar-refractivity contribution is 7.91. The summed E-state index contributed by atoms with van der Waals surface area (Å²) in [7, 11) is -3.97. The van der Waals surface area contributed by atoms with Crippen molar-refractivity contribution in [1.29, 1.82) is 0 Å². The predicted octanol–water partition coefficient (Wildman–Crippen LogP) is 3.93. The maximum atomic E-state index is 13.0. The molecular formula is C22H15ClN2O5S. The molecule has 0 aromatic heterocycles. The molecule has 156 valence electrons. The number of anilines is 2. The Labute approximate surface area is 183 Å². The Hall–Kier alpha value is -3.49. The molecule has 0 aliphatic carbocycles. The molecule has 1 aliphatic heterocycles. The maximum Gasteiger partial charge on any atom is 0.255 e. The van der Waals surface area contributed by atoms with E-state index in [1.54, 1.807) is 12.1 Å². The minimum Gasteiger partial charge on any atom is -0.326 e. The number of amides is 2. The van der Waals surface area contributed by atoms with Crippen LogP contribution in [0.15, 0.2) is 70.5 Å². The summed E-state index contributed by atoms with van der Waals surface area (Å²) >= 11 is 6.13. The molecule has 0 bridgehead atoms. The van der Waals surface area contributed by atoms with Crippen LogP contribution in [0.2, 0.25) is 5.02 Å². The molecule has 1 heterocycles. The molecule has 0 fully saturated rings. The van der Waals surface area contributed by atoms with Crippen LogP contribution >= 0.6 is 11.6 Å². The van der Waals surface area contributed by atoms with Crippen molar-refractivity contribution in [3.05, 3.63) is 82.4 Å². The van der Waals surface area contributed by atoms with Crippen LogP contribution in [-0.2, 0) is 14.6 Å². The van der Waals surface area contributed by atoms with Crippen LogP contribution in [0.1, 0.15) is 33.2 Å². The van der Waals surface area contributed by atoms with Crippen LogP contribution in [-0.4, -0.2) is 26.0 Å². The summed E-state index contributed by atoms with van der Waals surface area (Å²) in [5.41, 5.74) is 0.826. The summed E-state index contributed by atoms with van der Waals surface area (Å²) in [6.07, 6.45) is 0. The molecule has 31 heavy (non-hydrogen) atoms. The summed E-state index contributed by atoms with van der Waals surface area (Å²) in [5.74, 6) is -1.32. The van der Waals surface area contributed by atoms with Crippen molar-refractivity contribution in [2.75, 3.05) is 10.6 Å². The van der Waals surface area contributed by atoms with E-state index in [9.17, 15) is 22.8 Å². The molecule has 3 aromatic rings. The van der Waals surface area contributed by atoms with Gasteiger partial charge in [0.2, 0.25) is 15.7 Å². The van der Waals surface area contributed by atoms with E-state index in [1.807, 2.05) is 0 Å². The molecule has 0 saturated heterocycles. The second kappa shape index (κ2) is 7.64. The normalized spacial score (nSPS) is 13.7. The third kappa shape index (κ3) is 3.71. The number of ketones is 1. The zero-order valence-electron chi connectivity index (χ0n) is 16.1. The highest BCUT2D eigenvalue weighted by atomic mass is 35.5. The van der Waals surface area contributed by atoms with Gasteiger partial charge in [-0.1, -0.05) is 23.7 Å². The molecule has 0 atom stereocenters. The first-order valence-electron chi connectivity index (χ1n) is 9.10. The minimum absolute atomic E-state index is 0.0148. The van der Waals surface area contributed by atoms with Crippen molar-refractivity contribution in [2.24, 2.45) is 0 Å². The van der Waals surface area contributed by atoms with E-state index in [0.717, 1.165) is 0 Å². The average Bonchev–Trinajstić information content (AvgIpc) is 2.74. The minimum atomic E-state index is -3.97. The monoisotopic (exact) mass is 454 g/mol. The van der Waals surface area contributed by atoms with Gasteiger partial charge >= 0.3 is 0 Å². The SMILES string of the molecule is CC(=O)Nc1ccc(Cl)c(NC(=O)c2ccc3c(c2)S(=O)(=O)c2ccccc2C3=O)c1. The van der Waals surface area contributed by atoms with Gasteiger partial charge < -0.3 is 10.6 Å². The van der Waals surface area contributed by atoms with Gasteiger partial charge in [-0.3, -0.25) is 14.4 Å². The van der Waals surface area contributed by atoms with E-state index in [-0.39, 0.29) is 43.1 Å². The van der Waals surface area contributed by atoms with Crippen molar-refractivity contribution in [3.63, 3.8) is 0 Å². The van der Waals surface area contributed by atoms with Crippen LogP contribution < -0.4 is 10.6 Å². The molecule has 0 saturated carbocycles. The van der Waals surface area contributed by atoms with Gasteiger partial charge in [-0.2, -0.15) is 0 Å².